The van der Waals surface area contributed by atoms with Crippen LogP contribution in [0.1, 0.15) is 32.4 Å². The van der Waals surface area contributed by atoms with Gasteiger partial charge in [-0.3, -0.25) is 0 Å². The normalized spacial score (nSPS) is 12.0. The molecule has 0 aromatic carbocycles. The van der Waals surface area contributed by atoms with Gasteiger partial charge in [0.05, 0.1) is 6.20 Å². The fourth-order valence-corrected chi connectivity index (χ4v) is 1.14. The summed E-state index contributed by atoms with van der Waals surface area (Å²) in [5.41, 5.74) is 5.64. The molecule has 1 aromatic rings. The van der Waals surface area contributed by atoms with Crippen LogP contribution in [0.4, 0.5) is 0 Å². The Labute approximate surface area is 79.3 Å². The molecule has 0 amide bonds. The average Bonchev–Trinajstić information content (AvgIpc) is 2.33. The minimum absolute atomic E-state index is 0.227. The summed E-state index contributed by atoms with van der Waals surface area (Å²) in [4.78, 5) is 4.20. The van der Waals surface area contributed by atoms with Crippen LogP contribution < -0.4 is 5.73 Å². The van der Waals surface area contributed by atoms with Gasteiger partial charge in [0.1, 0.15) is 5.76 Å². The van der Waals surface area contributed by atoms with Crippen LogP contribution in [-0.4, -0.2) is 11.5 Å². The predicted octanol–water partition coefficient (Wildman–Crippen LogP) is 1.76. The van der Waals surface area contributed by atoms with Crippen molar-refractivity contribution in [1.82, 2.24) is 4.98 Å². The van der Waals surface area contributed by atoms with Crippen LogP contribution in [0.3, 0.4) is 0 Å². The zero-order valence-electron chi connectivity index (χ0n) is 8.63. The van der Waals surface area contributed by atoms with E-state index in [4.69, 9.17) is 10.2 Å². The number of aromatic nitrogens is 1. The summed E-state index contributed by atoms with van der Waals surface area (Å²) < 4.78 is 5.51. The van der Waals surface area contributed by atoms with Gasteiger partial charge in [-0.15, -0.1) is 0 Å². The van der Waals surface area contributed by atoms with E-state index in [9.17, 15) is 0 Å². The van der Waals surface area contributed by atoms with Crippen molar-refractivity contribution >= 4 is 0 Å². The Balaban J connectivity index is 2.59. The fraction of sp³-hybridized carbons (Fsp3) is 0.700. The standard InChI is InChI=1S/C10H18N2O/c1-10(2,3)6-9-12-7-8(13-9)4-5-11/h7H,4-6,11H2,1-3H3. The number of rotatable bonds is 3. The molecule has 0 fully saturated rings. The van der Waals surface area contributed by atoms with Gasteiger partial charge in [0, 0.05) is 12.8 Å². The minimum Gasteiger partial charge on any atom is -0.446 e. The lowest BCUT2D eigenvalue weighted by atomic mass is 9.92. The van der Waals surface area contributed by atoms with Gasteiger partial charge in [-0.1, -0.05) is 20.8 Å². The fourth-order valence-electron chi connectivity index (χ4n) is 1.14. The second-order valence-electron chi connectivity index (χ2n) is 4.50. The van der Waals surface area contributed by atoms with Crippen LogP contribution in [0.15, 0.2) is 10.6 Å². The Hall–Kier alpha value is -0.830. The van der Waals surface area contributed by atoms with E-state index in [0.29, 0.717) is 6.54 Å². The van der Waals surface area contributed by atoms with Gasteiger partial charge < -0.3 is 10.2 Å². The molecule has 0 saturated heterocycles. The van der Waals surface area contributed by atoms with Crippen molar-refractivity contribution < 1.29 is 4.42 Å². The van der Waals surface area contributed by atoms with Crippen molar-refractivity contribution in [1.29, 1.82) is 0 Å². The Morgan fingerprint density at radius 3 is 2.69 bits per heavy atom. The summed E-state index contributed by atoms with van der Waals surface area (Å²) in [6.07, 6.45) is 3.42. The number of hydrogen-bond acceptors (Lipinski definition) is 3. The summed E-state index contributed by atoms with van der Waals surface area (Å²) in [7, 11) is 0. The molecule has 2 N–H and O–H groups in total. The first-order chi connectivity index (χ1) is 6.01. The predicted molar refractivity (Wildman–Crippen MR) is 52.4 cm³/mol. The van der Waals surface area contributed by atoms with E-state index in [1.54, 1.807) is 6.20 Å². The molecule has 0 aliphatic rings. The van der Waals surface area contributed by atoms with Crippen molar-refractivity contribution in [3.63, 3.8) is 0 Å². The molecule has 0 unspecified atom stereocenters. The van der Waals surface area contributed by atoms with Crippen LogP contribution in [-0.2, 0) is 12.8 Å². The van der Waals surface area contributed by atoms with Gasteiger partial charge in [-0.05, 0) is 12.0 Å². The summed E-state index contributed by atoms with van der Waals surface area (Å²) >= 11 is 0. The van der Waals surface area contributed by atoms with E-state index < -0.39 is 0 Å². The van der Waals surface area contributed by atoms with Crippen LogP contribution in [0, 0.1) is 5.41 Å². The first kappa shape index (κ1) is 10.3. The van der Waals surface area contributed by atoms with Gasteiger partial charge in [0.25, 0.3) is 0 Å². The zero-order valence-corrected chi connectivity index (χ0v) is 8.63. The lowest BCUT2D eigenvalue weighted by Gasteiger charge is -2.14. The van der Waals surface area contributed by atoms with Crippen LogP contribution in [0.2, 0.25) is 0 Å². The largest absolute Gasteiger partial charge is 0.446 e. The molecule has 0 aliphatic heterocycles. The van der Waals surface area contributed by atoms with Crippen molar-refractivity contribution in [2.45, 2.75) is 33.6 Å². The van der Waals surface area contributed by atoms with Crippen LogP contribution >= 0.6 is 0 Å². The monoisotopic (exact) mass is 182 g/mol. The van der Waals surface area contributed by atoms with E-state index in [1.807, 2.05) is 0 Å². The Morgan fingerprint density at radius 1 is 1.46 bits per heavy atom. The summed E-state index contributed by atoms with van der Waals surface area (Å²) in [6, 6.07) is 0. The van der Waals surface area contributed by atoms with E-state index in [0.717, 1.165) is 24.5 Å². The molecule has 13 heavy (non-hydrogen) atoms. The zero-order chi connectivity index (χ0) is 9.90. The highest BCUT2D eigenvalue weighted by molar-refractivity contribution is 4.96. The van der Waals surface area contributed by atoms with Crippen LogP contribution in [0.5, 0.6) is 0 Å². The molecule has 0 atom stereocenters. The van der Waals surface area contributed by atoms with Crippen LogP contribution in [0.25, 0.3) is 0 Å². The minimum atomic E-state index is 0.227. The highest BCUT2D eigenvalue weighted by Crippen LogP contribution is 2.20. The summed E-state index contributed by atoms with van der Waals surface area (Å²) in [6.45, 7) is 7.11. The van der Waals surface area contributed by atoms with E-state index in [-0.39, 0.29) is 5.41 Å². The second kappa shape index (κ2) is 3.92. The number of nitrogens with zero attached hydrogens (tertiary/aromatic N) is 1. The van der Waals surface area contributed by atoms with Gasteiger partial charge >= 0.3 is 0 Å². The third kappa shape index (κ3) is 3.59. The van der Waals surface area contributed by atoms with E-state index in [2.05, 4.69) is 25.8 Å². The molecule has 0 radical (unpaired) electrons. The summed E-state index contributed by atoms with van der Waals surface area (Å²) in [5, 5.41) is 0. The second-order valence-corrected chi connectivity index (χ2v) is 4.50. The van der Waals surface area contributed by atoms with E-state index in [1.165, 1.54) is 0 Å². The molecule has 0 bridgehead atoms. The highest BCUT2D eigenvalue weighted by Gasteiger charge is 2.15. The number of oxazole rings is 1. The first-order valence-corrected chi connectivity index (χ1v) is 4.65. The molecule has 0 saturated carbocycles. The third-order valence-corrected chi connectivity index (χ3v) is 1.67. The maximum Gasteiger partial charge on any atom is 0.194 e. The van der Waals surface area contributed by atoms with Crippen molar-refractivity contribution in [3.05, 3.63) is 17.8 Å². The third-order valence-electron chi connectivity index (χ3n) is 1.67. The molecule has 74 valence electrons. The Bertz CT molecular complexity index is 260. The SMILES string of the molecule is CC(C)(C)Cc1ncc(CCN)o1. The van der Waals surface area contributed by atoms with Gasteiger partial charge in [0.15, 0.2) is 5.89 Å². The van der Waals surface area contributed by atoms with Crippen molar-refractivity contribution in [2.75, 3.05) is 6.54 Å². The average molecular weight is 182 g/mol. The van der Waals surface area contributed by atoms with Crippen molar-refractivity contribution in [2.24, 2.45) is 11.1 Å². The summed E-state index contributed by atoms with van der Waals surface area (Å²) in [5.74, 6) is 1.71. The van der Waals surface area contributed by atoms with Gasteiger partial charge in [-0.2, -0.15) is 0 Å². The lowest BCUT2D eigenvalue weighted by Crippen LogP contribution is -2.09. The maximum absolute atomic E-state index is 5.51. The Morgan fingerprint density at radius 2 is 2.15 bits per heavy atom. The Kier molecular flexibility index (Phi) is 3.09. The van der Waals surface area contributed by atoms with E-state index >= 15 is 0 Å². The topological polar surface area (TPSA) is 52.0 Å². The quantitative estimate of drug-likeness (QED) is 0.775. The van der Waals surface area contributed by atoms with Gasteiger partial charge in [0.2, 0.25) is 0 Å². The van der Waals surface area contributed by atoms with Gasteiger partial charge in [-0.25, -0.2) is 4.98 Å². The maximum atomic E-state index is 5.51. The lowest BCUT2D eigenvalue weighted by molar-refractivity contribution is 0.345. The molecular formula is C10H18N2O. The first-order valence-electron chi connectivity index (χ1n) is 4.65. The number of nitrogens with two attached hydrogens (primary N) is 1. The molecule has 0 aliphatic carbocycles. The highest BCUT2D eigenvalue weighted by atomic mass is 16.4. The molecule has 1 rings (SSSR count). The molecule has 3 heteroatoms. The smallest absolute Gasteiger partial charge is 0.194 e. The number of hydrogen-bond donors (Lipinski definition) is 1. The molecule has 1 heterocycles. The molecule has 0 spiro atoms. The molecule has 1 aromatic heterocycles. The van der Waals surface area contributed by atoms with Crippen molar-refractivity contribution in [3.8, 4) is 0 Å². The molecular weight excluding hydrogens is 164 g/mol. The molecule has 3 nitrogen and oxygen atoms in total.